The molecule has 0 aliphatic rings. The van der Waals surface area contributed by atoms with Crippen molar-refractivity contribution in [1.29, 1.82) is 0 Å². The number of hydrogen-bond acceptors (Lipinski definition) is 5. The molecular weight excluding hydrogens is 622 g/mol. The maximum Gasteiger partial charge on any atom is 0.271 e. The summed E-state index contributed by atoms with van der Waals surface area (Å²) in [5, 5.41) is 4.13. The molecule has 3 aromatic rings. The normalized spacial score (nSPS) is 10.7. The minimum atomic E-state index is -0.375. The van der Waals surface area contributed by atoms with Gasteiger partial charge < -0.3 is 14.2 Å². The second-order valence-corrected chi connectivity index (χ2v) is 8.79. The monoisotopic (exact) mass is 642 g/mol. The predicted molar refractivity (Wildman–Crippen MR) is 137 cm³/mol. The van der Waals surface area contributed by atoms with E-state index in [0.717, 1.165) is 18.3 Å². The number of carbonyl (C=O) groups excluding carboxylic acids is 1. The van der Waals surface area contributed by atoms with Crippen LogP contribution in [-0.4, -0.2) is 26.3 Å². The fraction of sp³-hybridized carbons (Fsp3) is 0.130. The van der Waals surface area contributed by atoms with Gasteiger partial charge in [0.15, 0.2) is 0 Å². The molecule has 0 saturated heterocycles. The summed E-state index contributed by atoms with van der Waals surface area (Å²) in [6, 6.07) is 18.9. The Balaban J connectivity index is 1.76. The van der Waals surface area contributed by atoms with Gasteiger partial charge in [0.1, 0.15) is 23.9 Å². The van der Waals surface area contributed by atoms with Gasteiger partial charge in [0.05, 0.1) is 24.0 Å². The van der Waals surface area contributed by atoms with Crippen LogP contribution >= 0.6 is 45.2 Å². The maximum absolute atomic E-state index is 12.5. The minimum Gasteiger partial charge on any atom is -0.497 e. The molecular formula is C23H20I2N2O4. The number of nitrogens with zero attached hydrogens (tertiary/aromatic N) is 1. The Kier molecular flexibility index (Phi) is 8.52. The van der Waals surface area contributed by atoms with E-state index in [1.807, 2.05) is 42.5 Å². The molecule has 0 fully saturated rings. The summed E-state index contributed by atoms with van der Waals surface area (Å²) in [4.78, 5) is 12.5. The zero-order valence-corrected chi connectivity index (χ0v) is 21.2. The Morgan fingerprint density at radius 1 is 1.00 bits per heavy atom. The number of amides is 1. The van der Waals surface area contributed by atoms with Crippen molar-refractivity contribution in [2.75, 3.05) is 14.2 Å². The fourth-order valence-electron chi connectivity index (χ4n) is 2.72. The van der Waals surface area contributed by atoms with Crippen LogP contribution in [0.15, 0.2) is 65.8 Å². The molecule has 0 aromatic heterocycles. The second-order valence-electron chi connectivity index (χ2n) is 6.38. The molecule has 31 heavy (non-hydrogen) atoms. The van der Waals surface area contributed by atoms with Crippen LogP contribution in [0.2, 0.25) is 0 Å². The quantitative estimate of drug-likeness (QED) is 0.207. The summed E-state index contributed by atoms with van der Waals surface area (Å²) in [5.41, 5.74) is 4.77. The van der Waals surface area contributed by atoms with Crippen molar-refractivity contribution in [3.05, 3.63) is 84.5 Å². The number of nitrogens with one attached hydrogen (secondary N) is 1. The van der Waals surface area contributed by atoms with E-state index < -0.39 is 0 Å². The molecule has 0 bridgehead atoms. The Morgan fingerprint density at radius 3 is 2.32 bits per heavy atom. The first kappa shape index (κ1) is 23.3. The topological polar surface area (TPSA) is 69.2 Å². The van der Waals surface area contributed by atoms with Gasteiger partial charge in [0, 0.05) is 20.8 Å². The highest BCUT2D eigenvalue weighted by atomic mass is 127. The summed E-state index contributed by atoms with van der Waals surface area (Å²) in [6.45, 7) is 0.439. The highest BCUT2D eigenvalue weighted by Crippen LogP contribution is 2.28. The van der Waals surface area contributed by atoms with Crippen molar-refractivity contribution < 1.29 is 19.0 Å². The van der Waals surface area contributed by atoms with Crippen LogP contribution < -0.4 is 19.6 Å². The number of benzene rings is 3. The number of hydrogen-bond donors (Lipinski definition) is 1. The van der Waals surface area contributed by atoms with Gasteiger partial charge in [-0.15, -0.1) is 0 Å². The van der Waals surface area contributed by atoms with E-state index in [9.17, 15) is 4.79 Å². The minimum absolute atomic E-state index is 0.375. The molecule has 1 amide bonds. The van der Waals surface area contributed by atoms with Crippen molar-refractivity contribution in [2.45, 2.75) is 6.61 Å². The molecule has 3 rings (SSSR count). The van der Waals surface area contributed by atoms with Gasteiger partial charge >= 0.3 is 0 Å². The lowest BCUT2D eigenvalue weighted by atomic mass is 10.2. The van der Waals surface area contributed by atoms with Crippen molar-refractivity contribution in [3.8, 4) is 17.2 Å². The average molecular weight is 642 g/mol. The van der Waals surface area contributed by atoms with Gasteiger partial charge in [-0.1, -0.05) is 30.3 Å². The SMILES string of the molecule is COc1cc(OC)cc(C(=O)N/N=C\c2cc(I)cc(I)c2OCc2ccccc2)c1. The summed E-state index contributed by atoms with van der Waals surface area (Å²) >= 11 is 4.48. The molecule has 3 aromatic carbocycles. The summed E-state index contributed by atoms with van der Waals surface area (Å²) in [6.07, 6.45) is 1.58. The molecule has 0 unspecified atom stereocenters. The third-order valence-corrected chi connectivity index (χ3v) is 5.67. The molecule has 0 aliphatic carbocycles. The molecule has 0 aliphatic heterocycles. The Labute approximate surface area is 208 Å². The van der Waals surface area contributed by atoms with Crippen molar-refractivity contribution in [1.82, 2.24) is 5.43 Å². The molecule has 1 N–H and O–H groups in total. The van der Waals surface area contributed by atoms with Gasteiger partial charge in [0.25, 0.3) is 5.91 Å². The number of halogens is 2. The van der Waals surface area contributed by atoms with Gasteiger partial charge in [-0.2, -0.15) is 5.10 Å². The lowest BCUT2D eigenvalue weighted by Crippen LogP contribution is -2.18. The zero-order valence-electron chi connectivity index (χ0n) is 16.9. The van der Waals surface area contributed by atoms with E-state index in [4.69, 9.17) is 14.2 Å². The predicted octanol–water partition coefficient (Wildman–Crippen LogP) is 5.26. The molecule has 0 heterocycles. The Hall–Kier alpha value is -2.34. The molecule has 8 heteroatoms. The standard InChI is InChI=1S/C23H20I2N2O4/c1-29-19-9-16(10-20(12-19)30-2)23(28)27-26-13-17-8-18(24)11-21(25)22(17)31-14-15-6-4-3-5-7-15/h3-13H,14H2,1-2H3,(H,27,28)/b26-13-. The zero-order chi connectivity index (χ0) is 22.2. The largest absolute Gasteiger partial charge is 0.497 e. The lowest BCUT2D eigenvalue weighted by Gasteiger charge is -2.12. The average Bonchev–Trinajstić information content (AvgIpc) is 2.78. The summed E-state index contributed by atoms with van der Waals surface area (Å²) in [7, 11) is 3.06. The molecule has 160 valence electrons. The molecule has 6 nitrogen and oxygen atoms in total. The number of rotatable bonds is 8. The Bertz CT molecular complexity index is 1070. The lowest BCUT2D eigenvalue weighted by molar-refractivity contribution is 0.0954. The van der Waals surface area contributed by atoms with Crippen LogP contribution in [0.25, 0.3) is 0 Å². The van der Waals surface area contributed by atoms with Gasteiger partial charge in [0.2, 0.25) is 0 Å². The van der Waals surface area contributed by atoms with Gasteiger partial charge in [-0.25, -0.2) is 5.43 Å². The number of carbonyl (C=O) groups is 1. The maximum atomic E-state index is 12.5. The van der Waals surface area contributed by atoms with Gasteiger partial charge in [-0.05, 0) is 75.0 Å². The van der Waals surface area contributed by atoms with Crippen LogP contribution in [0, 0.1) is 7.14 Å². The van der Waals surface area contributed by atoms with Crippen molar-refractivity contribution >= 4 is 57.3 Å². The molecule has 0 radical (unpaired) electrons. The number of hydrazone groups is 1. The Morgan fingerprint density at radius 2 is 1.68 bits per heavy atom. The third kappa shape index (κ3) is 6.57. The number of methoxy groups -OCH3 is 2. The first-order chi connectivity index (χ1) is 15.0. The second kappa shape index (κ2) is 11.3. The third-order valence-electron chi connectivity index (χ3n) is 4.25. The first-order valence-electron chi connectivity index (χ1n) is 9.22. The van der Waals surface area contributed by atoms with E-state index in [1.54, 1.807) is 24.4 Å². The van der Waals surface area contributed by atoms with E-state index in [-0.39, 0.29) is 5.91 Å². The van der Waals surface area contributed by atoms with Crippen LogP contribution in [0.3, 0.4) is 0 Å². The van der Waals surface area contributed by atoms with E-state index in [2.05, 4.69) is 55.7 Å². The van der Waals surface area contributed by atoms with Crippen LogP contribution in [-0.2, 0) is 6.61 Å². The molecule has 0 saturated carbocycles. The molecule has 0 spiro atoms. The first-order valence-corrected chi connectivity index (χ1v) is 11.4. The van der Waals surface area contributed by atoms with E-state index >= 15 is 0 Å². The summed E-state index contributed by atoms with van der Waals surface area (Å²) in [5.74, 6) is 1.39. The van der Waals surface area contributed by atoms with Crippen molar-refractivity contribution in [2.24, 2.45) is 5.10 Å². The van der Waals surface area contributed by atoms with Crippen LogP contribution in [0.5, 0.6) is 17.2 Å². The highest BCUT2D eigenvalue weighted by molar-refractivity contribution is 14.1. The van der Waals surface area contributed by atoms with Crippen molar-refractivity contribution in [3.63, 3.8) is 0 Å². The van der Waals surface area contributed by atoms with E-state index in [1.165, 1.54) is 14.2 Å². The fourth-order valence-corrected chi connectivity index (χ4v) is 4.77. The van der Waals surface area contributed by atoms with Crippen LogP contribution in [0.4, 0.5) is 0 Å². The molecule has 0 atom stereocenters. The van der Waals surface area contributed by atoms with Gasteiger partial charge in [-0.3, -0.25) is 4.79 Å². The highest BCUT2D eigenvalue weighted by Gasteiger charge is 2.11. The smallest absolute Gasteiger partial charge is 0.271 e. The van der Waals surface area contributed by atoms with E-state index in [0.29, 0.717) is 29.4 Å². The summed E-state index contributed by atoms with van der Waals surface area (Å²) < 4.78 is 18.5. The number of ether oxygens (including phenoxy) is 3. The van der Waals surface area contributed by atoms with Crippen LogP contribution in [0.1, 0.15) is 21.5 Å².